The fourth-order valence-corrected chi connectivity index (χ4v) is 5.69. The zero-order valence-electron chi connectivity index (χ0n) is 24.7. The van der Waals surface area contributed by atoms with Gasteiger partial charge in [0.1, 0.15) is 12.2 Å². The van der Waals surface area contributed by atoms with E-state index < -0.39 is 19.8 Å². The summed E-state index contributed by atoms with van der Waals surface area (Å²) >= 11 is 0. The van der Waals surface area contributed by atoms with Crippen molar-refractivity contribution in [3.8, 4) is 0 Å². The summed E-state index contributed by atoms with van der Waals surface area (Å²) in [7, 11) is -3.57. The van der Waals surface area contributed by atoms with Gasteiger partial charge in [-0.05, 0) is 22.3 Å². The minimum atomic E-state index is -3.57. The Labute approximate surface area is 255 Å². The average molecular weight is 605 g/mol. The van der Waals surface area contributed by atoms with Crippen molar-refractivity contribution in [2.45, 2.75) is 38.6 Å². The van der Waals surface area contributed by atoms with Gasteiger partial charge in [0.25, 0.3) is 0 Å². The lowest BCUT2D eigenvalue weighted by atomic mass is 10.2. The molecule has 0 atom stereocenters. The second-order valence-corrected chi connectivity index (χ2v) is 12.2. The largest absolute Gasteiger partial charge is 0.374 e. The SMILES string of the molecule is CP(=O)(OC(COCc1ccccc1)COCc1ccccc1)OC(COCc1ccccc1)COCc1ccccc1. The molecular weight excluding hydrogens is 563 g/mol. The van der Waals surface area contributed by atoms with Crippen LogP contribution in [0, 0.1) is 0 Å². The monoisotopic (exact) mass is 604 g/mol. The second-order valence-electron chi connectivity index (χ2n) is 10.2. The zero-order valence-corrected chi connectivity index (χ0v) is 25.6. The van der Waals surface area contributed by atoms with Gasteiger partial charge in [0, 0.05) is 6.66 Å². The third kappa shape index (κ3) is 13.4. The van der Waals surface area contributed by atoms with Crippen LogP contribution in [0.4, 0.5) is 0 Å². The molecule has 0 radical (unpaired) electrons. The molecule has 0 saturated carbocycles. The van der Waals surface area contributed by atoms with E-state index in [0.717, 1.165) is 22.3 Å². The first-order valence-electron chi connectivity index (χ1n) is 14.5. The highest BCUT2D eigenvalue weighted by Crippen LogP contribution is 2.46. The Morgan fingerprint density at radius 1 is 0.442 bits per heavy atom. The number of benzene rings is 4. The molecule has 0 amide bonds. The number of ether oxygens (including phenoxy) is 4. The van der Waals surface area contributed by atoms with E-state index in [1.54, 1.807) is 0 Å². The molecule has 0 aliphatic carbocycles. The van der Waals surface area contributed by atoms with Crippen molar-refractivity contribution < 1.29 is 32.6 Å². The maximum absolute atomic E-state index is 13.7. The molecule has 0 bridgehead atoms. The first-order valence-corrected chi connectivity index (χ1v) is 16.5. The van der Waals surface area contributed by atoms with Crippen molar-refractivity contribution in [3.05, 3.63) is 144 Å². The fraction of sp³-hybridized carbons (Fsp3) is 0.314. The van der Waals surface area contributed by atoms with Crippen LogP contribution in [0.5, 0.6) is 0 Å². The maximum atomic E-state index is 13.7. The van der Waals surface area contributed by atoms with E-state index in [9.17, 15) is 4.57 Å². The quantitative estimate of drug-likeness (QED) is 0.0971. The Balaban J connectivity index is 1.35. The first kappa shape index (κ1) is 32.8. The van der Waals surface area contributed by atoms with Crippen molar-refractivity contribution >= 4 is 7.60 Å². The minimum Gasteiger partial charge on any atom is -0.374 e. The lowest BCUT2D eigenvalue weighted by Gasteiger charge is -2.26. The van der Waals surface area contributed by atoms with Gasteiger partial charge in [-0.3, -0.25) is 4.57 Å². The van der Waals surface area contributed by atoms with Crippen molar-refractivity contribution in [3.63, 3.8) is 0 Å². The van der Waals surface area contributed by atoms with E-state index >= 15 is 0 Å². The van der Waals surface area contributed by atoms with Gasteiger partial charge in [0.05, 0.1) is 52.9 Å². The highest BCUT2D eigenvalue weighted by atomic mass is 31.2. The number of rotatable bonds is 20. The van der Waals surface area contributed by atoms with E-state index in [1.807, 2.05) is 121 Å². The van der Waals surface area contributed by atoms with Gasteiger partial charge in [0.15, 0.2) is 0 Å². The molecule has 8 heteroatoms. The summed E-state index contributed by atoms with van der Waals surface area (Å²) < 4.78 is 49.5. The second kappa shape index (κ2) is 18.5. The minimum absolute atomic E-state index is 0.185. The van der Waals surface area contributed by atoms with E-state index in [-0.39, 0.29) is 26.4 Å². The van der Waals surface area contributed by atoms with Gasteiger partial charge in [-0.2, -0.15) is 0 Å². The lowest BCUT2D eigenvalue weighted by molar-refractivity contribution is -0.0437. The third-order valence-electron chi connectivity index (χ3n) is 6.34. The summed E-state index contributed by atoms with van der Waals surface area (Å²) in [6.07, 6.45) is -1.22. The molecule has 7 nitrogen and oxygen atoms in total. The molecule has 0 spiro atoms. The predicted molar refractivity (Wildman–Crippen MR) is 168 cm³/mol. The third-order valence-corrected chi connectivity index (χ3v) is 7.70. The van der Waals surface area contributed by atoms with E-state index in [1.165, 1.54) is 6.66 Å². The molecule has 228 valence electrons. The molecule has 4 aromatic rings. The molecule has 4 rings (SSSR count). The molecule has 0 unspecified atom stereocenters. The summed E-state index contributed by atoms with van der Waals surface area (Å²) in [5.74, 6) is 0. The topological polar surface area (TPSA) is 72.5 Å². The Morgan fingerprint density at radius 3 is 0.907 bits per heavy atom. The zero-order chi connectivity index (χ0) is 30.0. The first-order chi connectivity index (χ1) is 21.1. The van der Waals surface area contributed by atoms with Crippen LogP contribution in [0.15, 0.2) is 121 Å². The molecule has 0 fully saturated rings. The van der Waals surface area contributed by atoms with Crippen LogP contribution in [-0.4, -0.2) is 45.3 Å². The van der Waals surface area contributed by atoms with Gasteiger partial charge in [0.2, 0.25) is 0 Å². The van der Waals surface area contributed by atoms with Crippen molar-refractivity contribution in [2.75, 3.05) is 33.1 Å². The van der Waals surface area contributed by atoms with Crippen LogP contribution in [0.1, 0.15) is 22.3 Å². The molecule has 4 aromatic carbocycles. The van der Waals surface area contributed by atoms with Crippen LogP contribution in [0.2, 0.25) is 0 Å². The smallest absolute Gasteiger partial charge is 0.328 e. The molecule has 43 heavy (non-hydrogen) atoms. The molecule has 0 heterocycles. The van der Waals surface area contributed by atoms with Crippen LogP contribution in [0.25, 0.3) is 0 Å². The molecule has 0 aromatic heterocycles. The van der Waals surface area contributed by atoms with Crippen LogP contribution < -0.4 is 0 Å². The lowest BCUT2D eigenvalue weighted by Crippen LogP contribution is -2.28. The summed E-state index contributed by atoms with van der Waals surface area (Å²) in [6.45, 7) is 3.81. The van der Waals surface area contributed by atoms with Gasteiger partial charge < -0.3 is 28.0 Å². The summed E-state index contributed by atoms with van der Waals surface area (Å²) in [5.41, 5.74) is 4.14. The van der Waals surface area contributed by atoms with Gasteiger partial charge in [-0.25, -0.2) is 0 Å². The highest BCUT2D eigenvalue weighted by Gasteiger charge is 2.28. The van der Waals surface area contributed by atoms with E-state index in [0.29, 0.717) is 26.4 Å². The Hall–Kier alpha value is -3.13. The fourth-order valence-electron chi connectivity index (χ4n) is 4.31. The van der Waals surface area contributed by atoms with Crippen LogP contribution >= 0.6 is 7.60 Å². The number of hydrogen-bond donors (Lipinski definition) is 0. The van der Waals surface area contributed by atoms with Gasteiger partial charge in [-0.1, -0.05) is 121 Å². The standard InChI is InChI=1S/C35H41O7P/c1-43(36,41-34(26-37-22-30-14-6-2-7-15-30)27-38-23-31-16-8-3-9-17-31)42-35(28-39-24-32-18-10-4-11-19-32)29-40-25-33-20-12-5-13-21-33/h2-21,34-35H,22-29H2,1H3. The van der Waals surface area contributed by atoms with Crippen LogP contribution in [0.3, 0.4) is 0 Å². The highest BCUT2D eigenvalue weighted by molar-refractivity contribution is 7.53. The summed E-state index contributed by atoms with van der Waals surface area (Å²) in [6, 6.07) is 39.5. The molecule has 0 aliphatic rings. The van der Waals surface area contributed by atoms with Crippen molar-refractivity contribution in [1.82, 2.24) is 0 Å². The van der Waals surface area contributed by atoms with Gasteiger partial charge in [-0.15, -0.1) is 0 Å². The average Bonchev–Trinajstić information content (AvgIpc) is 3.02. The van der Waals surface area contributed by atoms with E-state index in [2.05, 4.69) is 0 Å². The Bertz CT molecular complexity index is 1130. The van der Waals surface area contributed by atoms with Crippen molar-refractivity contribution in [2.24, 2.45) is 0 Å². The molecular formula is C35H41O7P. The van der Waals surface area contributed by atoms with Crippen LogP contribution in [-0.2, 0) is 59.0 Å². The molecule has 0 aliphatic heterocycles. The van der Waals surface area contributed by atoms with E-state index in [4.69, 9.17) is 28.0 Å². The normalized spacial score (nSPS) is 11.8. The Kier molecular flexibility index (Phi) is 14.1. The van der Waals surface area contributed by atoms with Gasteiger partial charge >= 0.3 is 7.60 Å². The summed E-state index contributed by atoms with van der Waals surface area (Å²) in [5, 5.41) is 0. The summed E-state index contributed by atoms with van der Waals surface area (Å²) in [4.78, 5) is 0. The number of hydrogen-bond acceptors (Lipinski definition) is 7. The Morgan fingerprint density at radius 2 is 0.674 bits per heavy atom. The predicted octanol–water partition coefficient (Wildman–Crippen LogP) is 7.45. The van der Waals surface area contributed by atoms with Crippen molar-refractivity contribution in [1.29, 1.82) is 0 Å². The molecule has 0 saturated heterocycles. The maximum Gasteiger partial charge on any atom is 0.328 e. The molecule has 0 N–H and O–H groups in total.